The molecule has 2 aromatic heterocycles. The van der Waals surface area contributed by atoms with Crippen molar-refractivity contribution in [2.45, 2.75) is 40.3 Å². The summed E-state index contributed by atoms with van der Waals surface area (Å²) in [5.41, 5.74) is 2.26. The van der Waals surface area contributed by atoms with Gasteiger partial charge in [0.15, 0.2) is 5.82 Å². The van der Waals surface area contributed by atoms with Crippen molar-refractivity contribution in [1.82, 2.24) is 20.1 Å². The van der Waals surface area contributed by atoms with Crippen LogP contribution in [0.25, 0.3) is 11.4 Å². The first-order valence-electron chi connectivity index (χ1n) is 6.33. The van der Waals surface area contributed by atoms with E-state index in [1.807, 2.05) is 13.8 Å². The second-order valence-corrected chi connectivity index (χ2v) is 4.92. The summed E-state index contributed by atoms with van der Waals surface area (Å²) in [7, 11) is 0. The average Bonchev–Trinajstić information content (AvgIpc) is 2.84. The summed E-state index contributed by atoms with van der Waals surface area (Å²) in [6.07, 6.45) is 0. The zero-order valence-electron chi connectivity index (χ0n) is 11.2. The minimum atomic E-state index is 0.258. The molecule has 3 rings (SSSR count). The van der Waals surface area contributed by atoms with Crippen molar-refractivity contribution >= 4 is 0 Å². The van der Waals surface area contributed by atoms with Crippen molar-refractivity contribution < 1.29 is 4.42 Å². The molecule has 1 atom stereocenters. The molecule has 2 aromatic rings. The van der Waals surface area contributed by atoms with Gasteiger partial charge in [-0.1, -0.05) is 0 Å². The van der Waals surface area contributed by atoms with Crippen molar-refractivity contribution in [3.63, 3.8) is 0 Å². The molecule has 0 aromatic carbocycles. The van der Waals surface area contributed by atoms with Gasteiger partial charge in [-0.25, -0.2) is 0 Å². The van der Waals surface area contributed by atoms with E-state index in [2.05, 4.69) is 33.9 Å². The molecule has 0 bridgehead atoms. The molecule has 5 heteroatoms. The van der Waals surface area contributed by atoms with E-state index in [0.29, 0.717) is 0 Å². The topological polar surface area (TPSA) is 55.9 Å². The number of rotatable bonds is 1. The van der Waals surface area contributed by atoms with E-state index in [4.69, 9.17) is 4.42 Å². The highest BCUT2D eigenvalue weighted by molar-refractivity contribution is 5.64. The molecule has 1 unspecified atom stereocenters. The lowest BCUT2D eigenvalue weighted by atomic mass is 10.1. The first kappa shape index (κ1) is 11.5. The van der Waals surface area contributed by atoms with Crippen LogP contribution in [0.4, 0.5) is 0 Å². The predicted molar refractivity (Wildman–Crippen MR) is 68.4 cm³/mol. The minimum Gasteiger partial charge on any atom is -0.466 e. The van der Waals surface area contributed by atoms with E-state index >= 15 is 0 Å². The summed E-state index contributed by atoms with van der Waals surface area (Å²) in [4.78, 5) is 0. The van der Waals surface area contributed by atoms with Gasteiger partial charge in [0.05, 0.1) is 11.6 Å². The van der Waals surface area contributed by atoms with Crippen molar-refractivity contribution in [2.24, 2.45) is 0 Å². The molecule has 0 fully saturated rings. The van der Waals surface area contributed by atoms with Gasteiger partial charge in [0, 0.05) is 18.7 Å². The smallest absolute Gasteiger partial charge is 0.167 e. The fourth-order valence-electron chi connectivity index (χ4n) is 2.65. The first-order valence-corrected chi connectivity index (χ1v) is 6.33. The quantitative estimate of drug-likeness (QED) is 0.837. The van der Waals surface area contributed by atoms with E-state index in [0.717, 1.165) is 47.4 Å². The number of fused-ring (bicyclic) bond motifs is 1. The van der Waals surface area contributed by atoms with Gasteiger partial charge in [-0.2, -0.15) is 0 Å². The van der Waals surface area contributed by atoms with Crippen LogP contribution in [0.3, 0.4) is 0 Å². The molecule has 96 valence electrons. The normalized spacial score (nSPS) is 19.0. The van der Waals surface area contributed by atoms with Crippen LogP contribution < -0.4 is 5.32 Å². The number of hydrogen-bond acceptors (Lipinski definition) is 4. The number of nitrogens with one attached hydrogen (secondary N) is 1. The Morgan fingerprint density at radius 1 is 1.22 bits per heavy atom. The lowest BCUT2D eigenvalue weighted by Gasteiger charge is -2.21. The Balaban J connectivity index is 2.18. The fraction of sp³-hybridized carbons (Fsp3) is 0.538. The van der Waals surface area contributed by atoms with Gasteiger partial charge >= 0.3 is 0 Å². The Bertz CT molecular complexity index is 596. The zero-order valence-corrected chi connectivity index (χ0v) is 11.2. The molecule has 0 saturated heterocycles. The summed E-state index contributed by atoms with van der Waals surface area (Å²) >= 11 is 0. The second kappa shape index (κ2) is 3.95. The average molecular weight is 246 g/mol. The maximum Gasteiger partial charge on any atom is 0.167 e. The van der Waals surface area contributed by atoms with Gasteiger partial charge in [-0.05, 0) is 27.7 Å². The molecule has 0 spiro atoms. The lowest BCUT2D eigenvalue weighted by molar-refractivity contribution is 0.438. The first-order chi connectivity index (χ1) is 8.59. The molecule has 0 saturated carbocycles. The van der Waals surface area contributed by atoms with Crippen molar-refractivity contribution in [2.75, 3.05) is 6.54 Å². The molecular formula is C13H18N4O. The minimum absolute atomic E-state index is 0.258. The van der Waals surface area contributed by atoms with Gasteiger partial charge in [0.25, 0.3) is 0 Å². The Kier molecular flexibility index (Phi) is 2.52. The van der Waals surface area contributed by atoms with E-state index in [-0.39, 0.29) is 6.04 Å². The summed E-state index contributed by atoms with van der Waals surface area (Å²) in [6.45, 7) is 10.0. The van der Waals surface area contributed by atoms with Gasteiger partial charge < -0.3 is 14.3 Å². The Labute approximate surface area is 106 Å². The van der Waals surface area contributed by atoms with Crippen LogP contribution in [-0.4, -0.2) is 21.3 Å². The molecule has 18 heavy (non-hydrogen) atoms. The van der Waals surface area contributed by atoms with E-state index < -0.39 is 0 Å². The molecule has 0 radical (unpaired) electrons. The summed E-state index contributed by atoms with van der Waals surface area (Å²) in [5, 5.41) is 12.1. The number of aromatic nitrogens is 3. The third-order valence-electron chi connectivity index (χ3n) is 3.74. The number of furan rings is 1. The highest BCUT2D eigenvalue weighted by Gasteiger charge is 2.25. The van der Waals surface area contributed by atoms with Crippen LogP contribution in [0.2, 0.25) is 0 Å². The number of aryl methyl sites for hydroxylation is 2. The highest BCUT2D eigenvalue weighted by Crippen LogP contribution is 2.32. The van der Waals surface area contributed by atoms with E-state index in [1.165, 1.54) is 0 Å². The summed E-state index contributed by atoms with van der Waals surface area (Å²) in [6, 6.07) is 0.258. The standard InChI is InChI=1S/C13H18N4O/c1-7-9(3)18-10(4)11(7)13-16-15-12-8(2)14-5-6-17(12)13/h8,14H,5-6H2,1-4H3. The SMILES string of the molecule is Cc1oc(C)c(-c2nnc3n2CCNC3C)c1C. The predicted octanol–water partition coefficient (Wildman–Crippen LogP) is 2.13. The number of hydrogen-bond donors (Lipinski definition) is 1. The fourth-order valence-corrected chi connectivity index (χ4v) is 2.65. The molecule has 0 amide bonds. The molecule has 5 nitrogen and oxygen atoms in total. The van der Waals surface area contributed by atoms with Crippen molar-refractivity contribution in [1.29, 1.82) is 0 Å². The highest BCUT2D eigenvalue weighted by atomic mass is 16.3. The zero-order chi connectivity index (χ0) is 12.9. The van der Waals surface area contributed by atoms with Crippen LogP contribution in [0.15, 0.2) is 4.42 Å². The van der Waals surface area contributed by atoms with Crippen LogP contribution in [-0.2, 0) is 6.54 Å². The molecule has 1 aliphatic rings. The van der Waals surface area contributed by atoms with Gasteiger partial charge in [-0.3, -0.25) is 0 Å². The summed E-state index contributed by atoms with van der Waals surface area (Å²) < 4.78 is 7.89. The number of nitrogens with zero attached hydrogens (tertiary/aromatic N) is 3. The third-order valence-corrected chi connectivity index (χ3v) is 3.74. The van der Waals surface area contributed by atoms with Crippen LogP contribution in [0, 0.1) is 20.8 Å². The second-order valence-electron chi connectivity index (χ2n) is 4.92. The molecular weight excluding hydrogens is 228 g/mol. The maximum absolute atomic E-state index is 5.69. The van der Waals surface area contributed by atoms with Crippen LogP contribution in [0.5, 0.6) is 0 Å². The van der Waals surface area contributed by atoms with Crippen molar-refractivity contribution in [3.8, 4) is 11.4 Å². The Hall–Kier alpha value is -1.62. The monoisotopic (exact) mass is 246 g/mol. The van der Waals surface area contributed by atoms with Gasteiger partial charge in [0.1, 0.15) is 17.3 Å². The molecule has 0 aliphatic carbocycles. The van der Waals surface area contributed by atoms with Crippen LogP contribution >= 0.6 is 0 Å². The maximum atomic E-state index is 5.69. The lowest BCUT2D eigenvalue weighted by Crippen LogP contribution is -2.32. The van der Waals surface area contributed by atoms with Gasteiger partial charge in [-0.15, -0.1) is 10.2 Å². The third kappa shape index (κ3) is 1.50. The van der Waals surface area contributed by atoms with Crippen molar-refractivity contribution in [3.05, 3.63) is 22.9 Å². The molecule has 1 aliphatic heterocycles. The summed E-state index contributed by atoms with van der Waals surface area (Å²) in [5.74, 6) is 3.83. The van der Waals surface area contributed by atoms with E-state index in [1.54, 1.807) is 0 Å². The molecule has 3 heterocycles. The van der Waals surface area contributed by atoms with Crippen LogP contribution in [0.1, 0.15) is 35.9 Å². The molecule has 1 N–H and O–H groups in total. The Morgan fingerprint density at radius 2 is 2.00 bits per heavy atom. The Morgan fingerprint density at radius 3 is 2.67 bits per heavy atom. The van der Waals surface area contributed by atoms with Gasteiger partial charge in [0.2, 0.25) is 0 Å². The largest absolute Gasteiger partial charge is 0.466 e. The van der Waals surface area contributed by atoms with E-state index in [9.17, 15) is 0 Å².